The van der Waals surface area contributed by atoms with Crippen molar-refractivity contribution in [2.75, 3.05) is 0 Å². The molecule has 6 heterocycles. The van der Waals surface area contributed by atoms with Crippen LogP contribution in [0.5, 0.6) is 0 Å². The molecule has 6 aromatic heterocycles. The summed E-state index contributed by atoms with van der Waals surface area (Å²) in [5.74, 6) is -0.815. The summed E-state index contributed by atoms with van der Waals surface area (Å²) in [4.78, 5) is 138. The van der Waals surface area contributed by atoms with Crippen LogP contribution in [0, 0.1) is 6.92 Å². The first-order valence-electron chi connectivity index (χ1n) is 37.3. The molecule has 0 aliphatic heterocycles. The zero-order chi connectivity index (χ0) is 79.5. The van der Waals surface area contributed by atoms with Gasteiger partial charge in [0.2, 0.25) is 0 Å². The van der Waals surface area contributed by atoms with Gasteiger partial charge in [-0.3, -0.25) is 52.6 Å². The number of aryl methyl sites for hydroxylation is 1. The minimum Gasteiger partial charge on any atom is -0.308 e. The number of pyridine rings is 6. The number of para-hydroxylation sites is 6. The van der Waals surface area contributed by atoms with Crippen molar-refractivity contribution in [3.63, 3.8) is 0 Å². The molecule has 13 nitrogen and oxygen atoms in total. The second-order valence-corrected chi connectivity index (χ2v) is 30.4. The SMILES string of the molecule is Cc1ccc2c(c1)c(=O)c1cccc3c(=O)c4ccccc4n2c31.F.O=C(c1ccccc1)c1cc(-c2ccc3c(c2)c(=O)c2cccc4c(=O)c5ccccc5n3c42)c(C(=O)c2ccccc2)cc1-c1ccc2c(c1)c(=O)c1cccc3c(=O)c4ccccc4n2c31.O=C(c1ccccc1)c1cc(Br)c(C(=O)c2ccccc2)cc1Br. The van der Waals surface area contributed by atoms with Gasteiger partial charge in [0.25, 0.3) is 0 Å². The van der Waals surface area contributed by atoms with Crippen molar-refractivity contribution in [2.45, 2.75) is 6.92 Å². The minimum absolute atomic E-state index is 0. The molecule has 0 aliphatic carbocycles. The summed E-state index contributed by atoms with van der Waals surface area (Å²) in [5, 5.41) is 5.95. The van der Waals surface area contributed by atoms with E-state index < -0.39 is 0 Å². The summed E-state index contributed by atoms with van der Waals surface area (Å²) in [6.45, 7) is 1.98. The number of fused-ring (bicyclic) bond motifs is 12. The van der Waals surface area contributed by atoms with Gasteiger partial charge in [-0.05, 0) is 163 Å². The maximum atomic E-state index is 15.0. The van der Waals surface area contributed by atoms with Crippen LogP contribution in [0.25, 0.3) is 137 Å². The Balaban J connectivity index is 0.000000156. The molecule has 0 unspecified atom stereocenters. The van der Waals surface area contributed by atoms with Crippen LogP contribution in [0.15, 0.2) is 365 Å². The third-order valence-electron chi connectivity index (χ3n) is 22.0. The van der Waals surface area contributed by atoms with Crippen LogP contribution in [0.4, 0.5) is 4.70 Å². The Kier molecular flexibility index (Phi) is 18.5. The lowest BCUT2D eigenvalue weighted by molar-refractivity contribution is 0.102. The van der Waals surface area contributed by atoms with Crippen LogP contribution < -0.4 is 32.6 Å². The van der Waals surface area contributed by atoms with E-state index >= 15 is 9.59 Å². The first kappa shape index (κ1) is 73.7. The zero-order valence-corrected chi connectivity index (χ0v) is 64.9. The fourth-order valence-electron chi connectivity index (χ4n) is 16.5. The minimum atomic E-state index is -0.312. The number of aromatic nitrogens is 3. The van der Waals surface area contributed by atoms with Gasteiger partial charge < -0.3 is 13.2 Å². The fraction of sp³-hybridized carbons (Fsp3) is 0.00990. The van der Waals surface area contributed by atoms with Gasteiger partial charge in [0, 0.05) is 118 Å². The summed E-state index contributed by atoms with van der Waals surface area (Å²) in [5.41, 5.74) is 11.6. The summed E-state index contributed by atoms with van der Waals surface area (Å²) in [6.07, 6.45) is 0. The molecule has 0 amide bonds. The molecule has 0 saturated carbocycles. The van der Waals surface area contributed by atoms with Crippen molar-refractivity contribution >= 4 is 169 Å². The first-order valence-corrected chi connectivity index (χ1v) is 38.9. The molecule has 0 N–H and O–H groups in total. The van der Waals surface area contributed by atoms with Crippen LogP contribution in [0.3, 0.4) is 0 Å². The third kappa shape index (κ3) is 12.1. The van der Waals surface area contributed by atoms with Crippen molar-refractivity contribution in [2.24, 2.45) is 0 Å². The van der Waals surface area contributed by atoms with Gasteiger partial charge in [0.15, 0.2) is 55.7 Å². The van der Waals surface area contributed by atoms with E-state index in [1.807, 2.05) is 167 Å². The molecule has 0 saturated heterocycles. The highest BCUT2D eigenvalue weighted by molar-refractivity contribution is 9.11. The lowest BCUT2D eigenvalue weighted by Crippen LogP contribution is -2.14. The maximum Gasteiger partial charge on any atom is 0.197 e. The van der Waals surface area contributed by atoms with Crippen LogP contribution >= 0.6 is 31.9 Å². The summed E-state index contributed by atoms with van der Waals surface area (Å²) >= 11 is 6.85. The quantitative estimate of drug-likeness (QED) is 0.0725. The molecule has 21 aromatic rings. The number of carbonyl (C=O) groups is 4. The van der Waals surface area contributed by atoms with E-state index in [1.165, 1.54) is 0 Å². The average Bonchev–Trinajstić information content (AvgIpc) is 0.719. The Hall–Kier alpha value is -14.7. The Morgan fingerprint density at radius 3 is 0.778 bits per heavy atom. The van der Waals surface area contributed by atoms with Gasteiger partial charge in [-0.25, -0.2) is 0 Å². The second-order valence-electron chi connectivity index (χ2n) is 28.7. The smallest absolute Gasteiger partial charge is 0.197 e. The van der Waals surface area contributed by atoms with Gasteiger partial charge in [-0.15, -0.1) is 0 Å². The topological polar surface area (TPSA) is 184 Å². The summed E-state index contributed by atoms with van der Waals surface area (Å²) in [7, 11) is 0. The monoisotopic (exact) mass is 1650 g/mol. The predicted octanol–water partition coefficient (Wildman–Crippen LogP) is 20.9. The van der Waals surface area contributed by atoms with Crippen molar-refractivity contribution < 1.29 is 23.9 Å². The number of ketones is 4. The van der Waals surface area contributed by atoms with Gasteiger partial charge in [-0.2, -0.15) is 0 Å². The normalized spacial score (nSPS) is 11.5. The van der Waals surface area contributed by atoms with Crippen LogP contribution in [-0.2, 0) is 0 Å². The molecule has 117 heavy (non-hydrogen) atoms. The highest BCUT2D eigenvalue weighted by Crippen LogP contribution is 2.40. The predicted molar refractivity (Wildman–Crippen MR) is 474 cm³/mol. The molecule has 16 heteroatoms. The molecule has 0 bridgehead atoms. The van der Waals surface area contributed by atoms with E-state index in [2.05, 4.69) is 36.3 Å². The van der Waals surface area contributed by atoms with Crippen molar-refractivity contribution in [1.82, 2.24) is 13.2 Å². The molecular weight excluding hydrogens is 1590 g/mol. The highest BCUT2D eigenvalue weighted by atomic mass is 79.9. The number of hydrogen-bond acceptors (Lipinski definition) is 10. The number of carbonyl (C=O) groups excluding carboxylic acids is 4. The van der Waals surface area contributed by atoms with Crippen LogP contribution in [-0.4, -0.2) is 36.3 Å². The Morgan fingerprint density at radius 1 is 0.231 bits per heavy atom. The van der Waals surface area contributed by atoms with E-state index in [-0.39, 0.29) is 71.5 Å². The van der Waals surface area contributed by atoms with E-state index in [0.717, 1.165) is 16.6 Å². The van der Waals surface area contributed by atoms with Crippen molar-refractivity contribution in [3.8, 4) is 22.3 Å². The lowest BCUT2D eigenvalue weighted by Gasteiger charge is -2.19. The molecule has 0 spiro atoms. The van der Waals surface area contributed by atoms with Crippen LogP contribution in [0.1, 0.15) is 69.2 Å². The molecular formula is C101H58Br2FN3O10. The fourth-order valence-corrected chi connectivity index (χ4v) is 17.6. The summed E-state index contributed by atoms with van der Waals surface area (Å²) < 4.78 is 7.17. The zero-order valence-electron chi connectivity index (χ0n) is 61.8. The highest BCUT2D eigenvalue weighted by Gasteiger charge is 2.28. The van der Waals surface area contributed by atoms with E-state index in [4.69, 9.17) is 0 Å². The molecule has 0 atom stereocenters. The molecule has 0 aliphatic rings. The molecule has 0 radical (unpaired) electrons. The van der Waals surface area contributed by atoms with Crippen molar-refractivity contribution in [1.29, 1.82) is 0 Å². The number of hydrogen-bond donors (Lipinski definition) is 0. The Morgan fingerprint density at radius 2 is 0.470 bits per heavy atom. The summed E-state index contributed by atoms with van der Waals surface area (Å²) in [6, 6.07) is 97.5. The molecule has 21 rings (SSSR count). The van der Waals surface area contributed by atoms with E-state index in [1.54, 1.807) is 176 Å². The first-order chi connectivity index (χ1) is 56.5. The Bertz CT molecular complexity index is 7850. The van der Waals surface area contributed by atoms with E-state index in [9.17, 15) is 38.4 Å². The van der Waals surface area contributed by atoms with E-state index in [0.29, 0.717) is 168 Å². The van der Waals surface area contributed by atoms with Crippen molar-refractivity contribution in [3.05, 3.63) is 448 Å². The number of rotatable bonds is 10. The third-order valence-corrected chi connectivity index (χ3v) is 23.3. The Labute approximate surface area is 678 Å². The van der Waals surface area contributed by atoms with Crippen LogP contribution in [0.2, 0.25) is 0 Å². The van der Waals surface area contributed by atoms with Gasteiger partial charge >= 0.3 is 0 Å². The largest absolute Gasteiger partial charge is 0.308 e. The van der Waals surface area contributed by atoms with Gasteiger partial charge in [0.1, 0.15) is 0 Å². The molecule has 15 aromatic carbocycles. The number of halogens is 3. The molecule has 0 fully saturated rings. The number of nitrogens with zero attached hydrogens (tertiary/aromatic N) is 3. The molecule has 558 valence electrons. The van der Waals surface area contributed by atoms with Gasteiger partial charge in [0.05, 0.1) is 49.7 Å². The average molecular weight is 1650 g/mol. The lowest BCUT2D eigenvalue weighted by atomic mass is 9.84. The number of benzene rings is 15. The second kappa shape index (κ2) is 29.4. The maximum absolute atomic E-state index is 15.0. The van der Waals surface area contributed by atoms with Gasteiger partial charge in [-0.1, -0.05) is 232 Å². The standard InChI is InChI=1S/C60H32N2O6.C21H13NO2.C20H12Br2O2.FH/c63-55(33-13-3-1-4-14-33)45-31-44(36-26-28-52-48(30-36)60(68)42-22-12-20-40-54(42)62(52)50-24-10-8-18-38(50)58(40)66)46(56(64)34-15-5-2-6-16-34)32-43(45)35-25-27-51-47(29-35)59(67)41-21-11-19-39-53(41)61(51)49-23-9-7-17-37(49)57(39)65;1-12-9-10-18-16(11-12)21(24)15-7-4-6-14-19(15)22(18)17-8-3-2-5-13(17)20(14)23;21-17-12-16(20(24)14-9-5-2-6-10-14)18(22)11-15(17)19(23)13-7-3-1-4-8-13;/h1-32H;2-11H,1H3;1-12H;1H.